The molecular formula is C34H29N3O5S. The number of aromatic nitrogens is 1. The topological polar surface area (TPSA) is 102 Å². The van der Waals surface area contributed by atoms with Crippen molar-refractivity contribution in [1.82, 2.24) is 4.98 Å². The molecule has 0 saturated carbocycles. The minimum absolute atomic E-state index is 0.0439. The maximum atomic E-state index is 12.2. The summed E-state index contributed by atoms with van der Waals surface area (Å²) in [5.74, 6) is -0.748. The smallest absolute Gasteiger partial charge is 0.360 e. The van der Waals surface area contributed by atoms with Gasteiger partial charge < -0.3 is 24.7 Å². The molecular weight excluding hydrogens is 562 g/mol. The summed E-state index contributed by atoms with van der Waals surface area (Å²) in [6.45, 7) is 3.70. The zero-order valence-electron chi connectivity index (χ0n) is 23.6. The number of carbonyl (C=O) groups is 1. The standard InChI is InChI=1S/C34H29N3O5S/c1-33(2)41-28-19-18-23(20-29(28)42-33)21-40-37-30(31(38)39)27-22-43-32(35-27)36-34(24-12-6-3-7-13-24,25-14-8-4-9-15-25)26-16-10-5-11-17-26/h3-20,22H,21H2,1-2H3,(H,35,36)(H,38,39). The molecule has 1 aliphatic heterocycles. The highest BCUT2D eigenvalue weighted by Gasteiger charge is 2.37. The van der Waals surface area contributed by atoms with Crippen molar-refractivity contribution in [1.29, 1.82) is 0 Å². The Balaban J connectivity index is 1.30. The molecule has 0 amide bonds. The first-order chi connectivity index (χ1) is 20.8. The summed E-state index contributed by atoms with van der Waals surface area (Å²) in [5, 5.41) is 19.8. The summed E-state index contributed by atoms with van der Waals surface area (Å²) >= 11 is 1.30. The number of anilines is 1. The Morgan fingerprint density at radius 1 is 0.884 bits per heavy atom. The molecule has 0 bridgehead atoms. The molecule has 6 rings (SSSR count). The Bertz CT molecular complexity index is 1660. The van der Waals surface area contributed by atoms with Gasteiger partial charge in [0.25, 0.3) is 0 Å². The Kier molecular flexibility index (Phi) is 7.56. The fourth-order valence-electron chi connectivity index (χ4n) is 5.10. The highest BCUT2D eigenvalue weighted by molar-refractivity contribution is 7.14. The van der Waals surface area contributed by atoms with E-state index in [2.05, 4.69) is 51.9 Å². The van der Waals surface area contributed by atoms with Crippen molar-refractivity contribution in [2.24, 2.45) is 5.16 Å². The lowest BCUT2D eigenvalue weighted by Crippen LogP contribution is -2.38. The maximum absolute atomic E-state index is 12.2. The number of thiazole rings is 1. The number of benzene rings is 4. The molecule has 1 aliphatic rings. The van der Waals surface area contributed by atoms with E-state index in [-0.39, 0.29) is 18.0 Å². The van der Waals surface area contributed by atoms with Crippen LogP contribution in [0.2, 0.25) is 0 Å². The highest BCUT2D eigenvalue weighted by atomic mass is 32.1. The Labute approximate surface area is 253 Å². The second-order valence-electron chi connectivity index (χ2n) is 10.4. The number of aliphatic carboxylic acids is 1. The lowest BCUT2D eigenvalue weighted by Gasteiger charge is -2.36. The molecule has 0 fully saturated rings. The summed E-state index contributed by atoms with van der Waals surface area (Å²) in [5.41, 5.74) is 2.87. The van der Waals surface area contributed by atoms with Crippen LogP contribution in [-0.4, -0.2) is 27.6 Å². The molecule has 43 heavy (non-hydrogen) atoms. The SMILES string of the molecule is CC1(C)Oc2ccc(CON=C(C(=O)O)c3csc(NC(c4ccccc4)(c4ccccc4)c4ccccc4)n3)cc2O1. The number of carboxylic acids is 1. The minimum Gasteiger partial charge on any atom is -0.476 e. The normalized spacial score (nSPS) is 13.9. The van der Waals surface area contributed by atoms with E-state index in [1.807, 2.05) is 74.5 Å². The van der Waals surface area contributed by atoms with E-state index in [1.165, 1.54) is 11.3 Å². The van der Waals surface area contributed by atoms with Crippen molar-refractivity contribution < 1.29 is 24.2 Å². The predicted octanol–water partition coefficient (Wildman–Crippen LogP) is 7.06. The van der Waals surface area contributed by atoms with Gasteiger partial charge in [-0.3, -0.25) is 0 Å². The summed E-state index contributed by atoms with van der Waals surface area (Å²) in [4.78, 5) is 22.4. The fraction of sp³-hybridized carbons (Fsp3) is 0.147. The quantitative estimate of drug-likeness (QED) is 0.102. The number of oxime groups is 1. The molecule has 0 radical (unpaired) electrons. The van der Waals surface area contributed by atoms with E-state index in [1.54, 1.807) is 17.5 Å². The molecule has 1 aromatic heterocycles. The highest BCUT2D eigenvalue weighted by Crippen LogP contribution is 2.41. The number of nitrogens with one attached hydrogen (secondary N) is 1. The zero-order chi connectivity index (χ0) is 29.9. The summed E-state index contributed by atoms with van der Waals surface area (Å²) < 4.78 is 11.5. The molecule has 0 aliphatic carbocycles. The van der Waals surface area contributed by atoms with Crippen LogP contribution in [0.1, 0.15) is 41.8 Å². The number of rotatable bonds is 10. The van der Waals surface area contributed by atoms with Gasteiger partial charge in [0.2, 0.25) is 11.5 Å². The van der Waals surface area contributed by atoms with Gasteiger partial charge >= 0.3 is 5.97 Å². The van der Waals surface area contributed by atoms with Crippen molar-refractivity contribution in [3.05, 3.63) is 143 Å². The predicted molar refractivity (Wildman–Crippen MR) is 166 cm³/mol. The van der Waals surface area contributed by atoms with Crippen LogP contribution in [0.4, 0.5) is 5.13 Å². The van der Waals surface area contributed by atoms with Gasteiger partial charge in [0.05, 0.1) is 0 Å². The lowest BCUT2D eigenvalue weighted by molar-refractivity contribution is -0.129. The molecule has 0 spiro atoms. The number of hydrogen-bond acceptors (Lipinski definition) is 8. The minimum atomic E-state index is -1.25. The van der Waals surface area contributed by atoms with Crippen molar-refractivity contribution in [2.75, 3.05) is 5.32 Å². The number of fused-ring (bicyclic) bond motifs is 1. The van der Waals surface area contributed by atoms with Crippen LogP contribution in [0.15, 0.2) is 120 Å². The Hall–Kier alpha value is -5.15. The number of ether oxygens (including phenoxy) is 2. The van der Waals surface area contributed by atoms with Gasteiger partial charge in [0, 0.05) is 19.2 Å². The Morgan fingerprint density at radius 2 is 1.44 bits per heavy atom. The van der Waals surface area contributed by atoms with Crippen LogP contribution in [0.25, 0.3) is 0 Å². The van der Waals surface area contributed by atoms with Gasteiger partial charge in [-0.2, -0.15) is 0 Å². The van der Waals surface area contributed by atoms with Gasteiger partial charge in [-0.15, -0.1) is 11.3 Å². The fourth-order valence-corrected chi connectivity index (χ4v) is 5.86. The number of nitrogens with zero attached hydrogens (tertiary/aromatic N) is 2. The lowest BCUT2D eigenvalue weighted by atomic mass is 9.77. The van der Waals surface area contributed by atoms with Crippen molar-refractivity contribution >= 4 is 28.1 Å². The summed E-state index contributed by atoms with van der Waals surface area (Å²) in [6, 6.07) is 35.7. The van der Waals surface area contributed by atoms with Crippen molar-refractivity contribution in [3.63, 3.8) is 0 Å². The van der Waals surface area contributed by atoms with Gasteiger partial charge in [0.1, 0.15) is 17.8 Å². The van der Waals surface area contributed by atoms with Crippen molar-refractivity contribution in [2.45, 2.75) is 31.8 Å². The van der Waals surface area contributed by atoms with Crippen molar-refractivity contribution in [3.8, 4) is 11.5 Å². The molecule has 5 aromatic rings. The number of hydrogen-bond donors (Lipinski definition) is 2. The molecule has 2 N–H and O–H groups in total. The van der Waals surface area contributed by atoms with Crippen LogP contribution in [0, 0.1) is 0 Å². The van der Waals surface area contributed by atoms with Crippen LogP contribution in [0.3, 0.4) is 0 Å². The third-order valence-corrected chi connectivity index (χ3v) is 7.73. The second-order valence-corrected chi connectivity index (χ2v) is 11.3. The number of carboxylic acid groups (broad SMARTS) is 1. The molecule has 2 heterocycles. The van der Waals surface area contributed by atoms with Crippen LogP contribution >= 0.6 is 11.3 Å². The molecule has 4 aromatic carbocycles. The van der Waals surface area contributed by atoms with Gasteiger partial charge in [-0.1, -0.05) is 102 Å². The van der Waals surface area contributed by atoms with Gasteiger partial charge in [-0.25, -0.2) is 9.78 Å². The summed E-state index contributed by atoms with van der Waals surface area (Å²) in [7, 11) is 0. The van der Waals surface area contributed by atoms with E-state index in [0.29, 0.717) is 16.6 Å². The van der Waals surface area contributed by atoms with Gasteiger partial charge in [0.15, 0.2) is 16.6 Å². The van der Waals surface area contributed by atoms with Crippen LogP contribution in [-0.2, 0) is 21.8 Å². The van der Waals surface area contributed by atoms with E-state index < -0.39 is 17.3 Å². The second kappa shape index (κ2) is 11.6. The molecule has 0 unspecified atom stereocenters. The average Bonchev–Trinajstić information content (AvgIpc) is 3.61. The van der Waals surface area contributed by atoms with Crippen LogP contribution in [0.5, 0.6) is 11.5 Å². The first kappa shape index (κ1) is 28.0. The molecule has 0 atom stereocenters. The molecule has 9 heteroatoms. The van der Waals surface area contributed by atoms with E-state index >= 15 is 0 Å². The third-order valence-electron chi connectivity index (χ3n) is 6.97. The first-order valence-corrected chi connectivity index (χ1v) is 14.6. The molecule has 216 valence electrons. The maximum Gasteiger partial charge on any atom is 0.360 e. The summed E-state index contributed by atoms with van der Waals surface area (Å²) in [6.07, 6.45) is 0. The van der Waals surface area contributed by atoms with E-state index in [0.717, 1.165) is 22.3 Å². The zero-order valence-corrected chi connectivity index (χ0v) is 24.4. The molecule has 8 nitrogen and oxygen atoms in total. The first-order valence-electron chi connectivity index (χ1n) is 13.7. The Morgan fingerprint density at radius 3 is 2.00 bits per heavy atom. The monoisotopic (exact) mass is 591 g/mol. The third kappa shape index (κ3) is 5.80. The molecule has 0 saturated heterocycles. The average molecular weight is 592 g/mol. The van der Waals surface area contributed by atoms with E-state index in [9.17, 15) is 9.90 Å². The van der Waals surface area contributed by atoms with Gasteiger partial charge in [-0.05, 0) is 34.4 Å². The van der Waals surface area contributed by atoms with Crippen LogP contribution < -0.4 is 14.8 Å². The van der Waals surface area contributed by atoms with E-state index in [4.69, 9.17) is 14.3 Å². The largest absolute Gasteiger partial charge is 0.476 e.